The van der Waals surface area contributed by atoms with E-state index in [0.29, 0.717) is 17.3 Å². The average molecular weight is 523 g/mol. The maximum atomic E-state index is 15.0. The fraction of sp³-hybridized carbons (Fsp3) is 0.348. The highest BCUT2D eigenvalue weighted by Gasteiger charge is 2.25. The number of para-hydroxylation sites is 1. The van der Waals surface area contributed by atoms with Crippen molar-refractivity contribution in [1.29, 1.82) is 0 Å². The average Bonchev–Trinajstić information content (AvgIpc) is 2.85. The molecule has 0 radical (unpaired) electrons. The first kappa shape index (κ1) is 25.6. The second-order valence-electron chi connectivity index (χ2n) is 8.38. The molecular weight excluding hydrogens is 497 g/mol. The van der Waals surface area contributed by atoms with E-state index < -0.39 is 44.8 Å². The summed E-state index contributed by atoms with van der Waals surface area (Å²) in [4.78, 5) is 21.5. The van der Waals surface area contributed by atoms with Gasteiger partial charge in [-0.2, -0.15) is 0 Å². The van der Waals surface area contributed by atoms with Crippen molar-refractivity contribution < 1.29 is 26.4 Å². The highest BCUT2D eigenvalue weighted by Crippen LogP contribution is 2.31. The van der Waals surface area contributed by atoms with Gasteiger partial charge in [0.15, 0.2) is 17.5 Å². The summed E-state index contributed by atoms with van der Waals surface area (Å²) in [5.74, 6) is -5.45. The topological polar surface area (TPSA) is 125 Å². The number of hydrogen-bond acceptors (Lipinski definition) is 7. The van der Waals surface area contributed by atoms with Crippen LogP contribution in [0.3, 0.4) is 0 Å². The molecule has 0 bridgehead atoms. The van der Waals surface area contributed by atoms with E-state index in [4.69, 9.17) is 0 Å². The molecule has 1 amide bonds. The third-order valence-corrected chi connectivity index (χ3v) is 7.20. The number of fused-ring (bicyclic) bond motifs is 1. The van der Waals surface area contributed by atoms with Gasteiger partial charge in [-0.1, -0.05) is 13.0 Å². The number of piperidine rings is 1. The fourth-order valence-corrected chi connectivity index (χ4v) is 5.12. The van der Waals surface area contributed by atoms with Crippen LogP contribution in [-0.2, 0) is 10.0 Å². The van der Waals surface area contributed by atoms with E-state index in [1.165, 1.54) is 12.4 Å². The Bertz CT molecular complexity index is 1400. The number of sulfonamides is 1. The molecule has 2 aromatic carbocycles. The molecule has 1 aliphatic heterocycles. The SMILES string of the molecule is CCCS(=O)(=O)Nc1cc(F)c(F)c(NC(=O)c2cccc3c(NC4CCNCC4)ncnc23)c1F. The first-order valence-corrected chi connectivity index (χ1v) is 13.1. The lowest BCUT2D eigenvalue weighted by Crippen LogP contribution is -2.35. The first-order valence-electron chi connectivity index (χ1n) is 11.4. The predicted octanol–water partition coefficient (Wildman–Crippen LogP) is 3.62. The van der Waals surface area contributed by atoms with Crippen LogP contribution in [0, 0.1) is 17.5 Å². The second kappa shape index (κ2) is 10.7. The van der Waals surface area contributed by atoms with Gasteiger partial charge in [-0.05, 0) is 44.5 Å². The largest absolute Gasteiger partial charge is 0.367 e. The Hall–Kier alpha value is -3.45. The van der Waals surface area contributed by atoms with Crippen molar-refractivity contribution in [1.82, 2.24) is 15.3 Å². The molecule has 192 valence electrons. The third kappa shape index (κ3) is 5.51. The van der Waals surface area contributed by atoms with E-state index in [1.54, 1.807) is 19.1 Å². The van der Waals surface area contributed by atoms with Gasteiger partial charge in [0, 0.05) is 17.5 Å². The lowest BCUT2D eigenvalue weighted by atomic mass is 10.1. The lowest BCUT2D eigenvalue weighted by molar-refractivity contribution is 0.102. The van der Waals surface area contributed by atoms with Crippen LogP contribution in [-0.4, -0.2) is 49.2 Å². The standard InChI is InChI=1S/C23H25F3N6O3S/c1-2-10-36(34,35)32-17-11-16(24)18(25)21(19(17)26)31-23(33)15-5-3-4-14-20(15)28-12-29-22(14)30-13-6-8-27-9-7-13/h3-5,11-13,27,32H,2,6-10H2,1H3,(H,31,33)(H,28,29,30). The molecular formula is C23H25F3N6O3S. The smallest absolute Gasteiger partial charge is 0.258 e. The molecule has 1 aliphatic rings. The minimum Gasteiger partial charge on any atom is -0.367 e. The monoisotopic (exact) mass is 522 g/mol. The van der Waals surface area contributed by atoms with E-state index in [9.17, 15) is 22.0 Å². The Labute approximate surface area is 206 Å². The van der Waals surface area contributed by atoms with Gasteiger partial charge in [0.05, 0.1) is 22.5 Å². The van der Waals surface area contributed by atoms with Crippen LogP contribution in [0.25, 0.3) is 10.9 Å². The maximum absolute atomic E-state index is 15.0. The number of carbonyl (C=O) groups is 1. The summed E-state index contributed by atoms with van der Waals surface area (Å²) >= 11 is 0. The normalized spacial score (nSPS) is 14.6. The Kier molecular flexibility index (Phi) is 7.59. The van der Waals surface area contributed by atoms with Crippen molar-refractivity contribution in [2.75, 3.05) is 34.2 Å². The molecule has 0 atom stereocenters. The fourth-order valence-electron chi connectivity index (χ4n) is 4.00. The van der Waals surface area contributed by atoms with Crippen LogP contribution < -0.4 is 20.7 Å². The van der Waals surface area contributed by atoms with Gasteiger partial charge in [-0.25, -0.2) is 31.6 Å². The molecule has 0 unspecified atom stereocenters. The summed E-state index contributed by atoms with van der Waals surface area (Å²) in [6, 6.07) is 5.24. The molecule has 1 fully saturated rings. The molecule has 3 aromatic rings. The van der Waals surface area contributed by atoms with Crippen LogP contribution in [0.5, 0.6) is 0 Å². The Morgan fingerprint density at radius 3 is 2.61 bits per heavy atom. The minimum atomic E-state index is -4.00. The number of halogens is 3. The molecule has 4 rings (SSSR count). The van der Waals surface area contributed by atoms with Crippen molar-refractivity contribution in [3.05, 3.63) is 53.6 Å². The number of carbonyl (C=O) groups excluding carboxylic acids is 1. The molecule has 2 heterocycles. The zero-order chi connectivity index (χ0) is 25.9. The van der Waals surface area contributed by atoms with Crippen molar-refractivity contribution in [2.24, 2.45) is 0 Å². The van der Waals surface area contributed by atoms with E-state index >= 15 is 4.39 Å². The van der Waals surface area contributed by atoms with Crippen LogP contribution in [0.4, 0.5) is 30.4 Å². The van der Waals surface area contributed by atoms with Crippen molar-refractivity contribution in [2.45, 2.75) is 32.2 Å². The second-order valence-corrected chi connectivity index (χ2v) is 10.2. The van der Waals surface area contributed by atoms with Gasteiger partial charge < -0.3 is 16.0 Å². The summed E-state index contributed by atoms with van der Waals surface area (Å²) in [5, 5.41) is 9.18. The summed E-state index contributed by atoms with van der Waals surface area (Å²) < 4.78 is 69.6. The summed E-state index contributed by atoms with van der Waals surface area (Å²) in [6.07, 6.45) is 3.26. The highest BCUT2D eigenvalue weighted by atomic mass is 32.2. The van der Waals surface area contributed by atoms with E-state index in [2.05, 4.69) is 20.6 Å². The van der Waals surface area contributed by atoms with Crippen LogP contribution in [0.15, 0.2) is 30.6 Å². The van der Waals surface area contributed by atoms with Crippen molar-refractivity contribution in [3.8, 4) is 0 Å². The molecule has 0 spiro atoms. The molecule has 36 heavy (non-hydrogen) atoms. The predicted molar refractivity (Wildman–Crippen MR) is 131 cm³/mol. The Morgan fingerprint density at radius 1 is 1.14 bits per heavy atom. The summed E-state index contributed by atoms with van der Waals surface area (Å²) in [5.41, 5.74) is -1.73. The zero-order valence-corrected chi connectivity index (χ0v) is 20.2. The molecule has 0 aliphatic carbocycles. The van der Waals surface area contributed by atoms with Gasteiger partial charge in [0.2, 0.25) is 10.0 Å². The van der Waals surface area contributed by atoms with Gasteiger partial charge in [0.25, 0.3) is 5.91 Å². The Balaban J connectivity index is 1.66. The van der Waals surface area contributed by atoms with Crippen molar-refractivity contribution >= 4 is 44.0 Å². The first-order chi connectivity index (χ1) is 17.2. The minimum absolute atomic E-state index is 0.0283. The van der Waals surface area contributed by atoms with E-state index in [1.807, 2.05) is 10.0 Å². The van der Waals surface area contributed by atoms with Gasteiger partial charge in [-0.3, -0.25) is 9.52 Å². The summed E-state index contributed by atoms with van der Waals surface area (Å²) in [7, 11) is -4.00. The van der Waals surface area contributed by atoms with Gasteiger partial charge >= 0.3 is 0 Å². The number of aromatic nitrogens is 2. The van der Waals surface area contributed by atoms with Gasteiger partial charge in [0.1, 0.15) is 17.8 Å². The van der Waals surface area contributed by atoms with E-state index in [-0.39, 0.29) is 29.3 Å². The maximum Gasteiger partial charge on any atom is 0.258 e. The molecule has 4 N–H and O–H groups in total. The lowest BCUT2D eigenvalue weighted by Gasteiger charge is -2.24. The van der Waals surface area contributed by atoms with Gasteiger partial charge in [-0.15, -0.1) is 0 Å². The van der Waals surface area contributed by atoms with E-state index in [0.717, 1.165) is 25.9 Å². The van der Waals surface area contributed by atoms with Crippen LogP contribution in [0.1, 0.15) is 36.5 Å². The molecule has 9 nitrogen and oxygen atoms in total. The van der Waals surface area contributed by atoms with Crippen LogP contribution >= 0.6 is 0 Å². The number of nitrogens with zero attached hydrogens (tertiary/aromatic N) is 2. The summed E-state index contributed by atoms with van der Waals surface area (Å²) in [6.45, 7) is 3.30. The van der Waals surface area contributed by atoms with Crippen LogP contribution in [0.2, 0.25) is 0 Å². The number of rotatable bonds is 8. The zero-order valence-electron chi connectivity index (χ0n) is 19.4. The number of benzene rings is 2. The number of anilines is 3. The third-order valence-electron chi connectivity index (χ3n) is 5.72. The molecule has 0 saturated carbocycles. The number of nitrogens with one attached hydrogen (secondary N) is 4. The number of amides is 1. The number of hydrogen-bond donors (Lipinski definition) is 4. The molecule has 13 heteroatoms. The van der Waals surface area contributed by atoms with Crippen molar-refractivity contribution in [3.63, 3.8) is 0 Å². The molecule has 1 saturated heterocycles. The molecule has 1 aromatic heterocycles. The highest BCUT2D eigenvalue weighted by molar-refractivity contribution is 7.92. The quantitative estimate of drug-likeness (QED) is 0.333. The Morgan fingerprint density at radius 2 is 1.89 bits per heavy atom.